The van der Waals surface area contributed by atoms with Gasteiger partial charge in [-0.3, -0.25) is 0 Å². The number of para-hydroxylation sites is 6. The summed E-state index contributed by atoms with van der Waals surface area (Å²) >= 11 is 0. The second-order valence-electron chi connectivity index (χ2n) is 16.4. The fourth-order valence-electron chi connectivity index (χ4n) is 10.5. The third-order valence-electron chi connectivity index (χ3n) is 13.0. The molecule has 0 bridgehead atoms. The average molecular weight is 818 g/mol. The Kier molecular flexibility index (Phi) is 9.05. The minimum Gasteiger partial charge on any atom is -0.310 e. The van der Waals surface area contributed by atoms with Crippen molar-refractivity contribution in [3.8, 4) is 22.3 Å². The number of hydrogen-bond donors (Lipinski definition) is 0. The molecule has 3 nitrogen and oxygen atoms in total. The second kappa shape index (κ2) is 15.5. The largest absolute Gasteiger partial charge is 0.310 e. The van der Waals surface area contributed by atoms with Crippen molar-refractivity contribution in [1.29, 1.82) is 0 Å². The fourth-order valence-corrected chi connectivity index (χ4v) is 10.5. The van der Waals surface area contributed by atoms with Gasteiger partial charge in [0.25, 0.3) is 0 Å². The molecule has 1 atom stereocenters. The number of rotatable bonds is 9. The quantitative estimate of drug-likeness (QED) is 0.144. The van der Waals surface area contributed by atoms with Gasteiger partial charge < -0.3 is 14.7 Å². The summed E-state index contributed by atoms with van der Waals surface area (Å²) in [5.41, 5.74) is 19.4. The van der Waals surface area contributed by atoms with Crippen molar-refractivity contribution in [2.24, 2.45) is 0 Å². The van der Waals surface area contributed by atoms with E-state index in [9.17, 15) is 0 Å². The summed E-state index contributed by atoms with van der Waals surface area (Å²) in [6.45, 7) is 0. The minimum atomic E-state index is -0.657. The Morgan fingerprint density at radius 1 is 0.219 bits per heavy atom. The summed E-state index contributed by atoms with van der Waals surface area (Å²) in [6, 6.07) is 94.9. The molecule has 64 heavy (non-hydrogen) atoms. The van der Waals surface area contributed by atoms with E-state index in [1.54, 1.807) is 0 Å². The maximum atomic E-state index is 2.49. The summed E-state index contributed by atoms with van der Waals surface area (Å²) in [7, 11) is 0. The third-order valence-corrected chi connectivity index (χ3v) is 13.0. The van der Waals surface area contributed by atoms with E-state index in [2.05, 4.69) is 276 Å². The standard InChI is InChI=1S/C61H43N3/c1-7-23-44(24-8-1)62(45-25-9-2-10-26-45)50-41-42-52-56(43-50)61(55-38-22-40-58(60(52)55)64(48-31-15-5-16-32-48)49-33-17-6-18-34-49)53-36-20-19-35-51(53)59-54(61)37-21-39-57(59)63(46-27-11-3-12-28-46)47-29-13-4-14-30-47/h1-43H. The van der Waals surface area contributed by atoms with Gasteiger partial charge in [-0.25, -0.2) is 0 Å². The molecule has 10 aromatic rings. The Balaban J connectivity index is 1.19. The van der Waals surface area contributed by atoms with Crippen LogP contribution in [0.4, 0.5) is 51.2 Å². The van der Waals surface area contributed by atoms with E-state index in [4.69, 9.17) is 0 Å². The highest BCUT2D eigenvalue weighted by Crippen LogP contribution is 2.67. The summed E-state index contributed by atoms with van der Waals surface area (Å²) in [5.74, 6) is 0. The molecular weight excluding hydrogens is 775 g/mol. The van der Waals surface area contributed by atoms with Crippen molar-refractivity contribution < 1.29 is 0 Å². The molecule has 2 aliphatic carbocycles. The molecule has 0 fully saturated rings. The van der Waals surface area contributed by atoms with Gasteiger partial charge >= 0.3 is 0 Å². The van der Waals surface area contributed by atoms with E-state index in [-0.39, 0.29) is 0 Å². The normalized spacial score (nSPS) is 14.0. The van der Waals surface area contributed by atoms with Crippen LogP contribution in [0.15, 0.2) is 261 Å². The summed E-state index contributed by atoms with van der Waals surface area (Å²) in [4.78, 5) is 7.25. The number of fused-ring (bicyclic) bond motifs is 10. The summed E-state index contributed by atoms with van der Waals surface area (Å²) < 4.78 is 0. The van der Waals surface area contributed by atoms with Crippen LogP contribution in [0.25, 0.3) is 22.3 Å². The van der Waals surface area contributed by atoms with Gasteiger partial charge in [0.05, 0.1) is 16.8 Å². The smallest absolute Gasteiger partial charge is 0.0727 e. The molecule has 0 saturated carbocycles. The van der Waals surface area contributed by atoms with Gasteiger partial charge in [-0.05, 0) is 130 Å². The van der Waals surface area contributed by atoms with Crippen LogP contribution < -0.4 is 14.7 Å². The topological polar surface area (TPSA) is 9.72 Å². The summed E-state index contributed by atoms with van der Waals surface area (Å²) in [6.07, 6.45) is 0. The zero-order valence-corrected chi connectivity index (χ0v) is 35.2. The van der Waals surface area contributed by atoms with Crippen LogP contribution in [0.1, 0.15) is 22.3 Å². The second-order valence-corrected chi connectivity index (χ2v) is 16.4. The van der Waals surface area contributed by atoms with Gasteiger partial charge in [-0.15, -0.1) is 0 Å². The highest BCUT2D eigenvalue weighted by molar-refractivity contribution is 6.05. The molecule has 0 N–H and O–H groups in total. The van der Waals surface area contributed by atoms with Crippen LogP contribution in [0, 0.1) is 0 Å². The van der Waals surface area contributed by atoms with Crippen molar-refractivity contribution >= 4 is 51.2 Å². The number of anilines is 9. The first kappa shape index (κ1) is 37.4. The van der Waals surface area contributed by atoms with E-state index in [1.165, 1.54) is 44.5 Å². The fraction of sp³-hybridized carbons (Fsp3) is 0.0164. The van der Waals surface area contributed by atoms with E-state index in [1.807, 2.05) is 0 Å². The molecule has 3 heteroatoms. The lowest BCUT2D eigenvalue weighted by Gasteiger charge is -2.33. The van der Waals surface area contributed by atoms with Gasteiger partial charge in [0.1, 0.15) is 0 Å². The van der Waals surface area contributed by atoms with E-state index in [0.717, 1.165) is 51.2 Å². The van der Waals surface area contributed by atoms with E-state index < -0.39 is 5.41 Å². The highest BCUT2D eigenvalue weighted by atomic mass is 15.2. The lowest BCUT2D eigenvalue weighted by Crippen LogP contribution is -2.26. The zero-order valence-electron chi connectivity index (χ0n) is 35.2. The Hall–Kier alpha value is -8.40. The minimum absolute atomic E-state index is 0.657. The first-order chi connectivity index (χ1) is 31.8. The first-order valence-corrected chi connectivity index (χ1v) is 22.0. The third kappa shape index (κ3) is 5.82. The predicted molar refractivity (Wildman–Crippen MR) is 267 cm³/mol. The van der Waals surface area contributed by atoms with Gasteiger partial charge in [0.15, 0.2) is 0 Å². The Labute approximate surface area is 375 Å². The van der Waals surface area contributed by atoms with Crippen LogP contribution in [0.3, 0.4) is 0 Å². The number of benzene rings is 10. The highest BCUT2D eigenvalue weighted by Gasteiger charge is 2.53. The van der Waals surface area contributed by atoms with Crippen LogP contribution in [0.2, 0.25) is 0 Å². The molecule has 1 spiro atoms. The Morgan fingerprint density at radius 3 is 0.953 bits per heavy atom. The van der Waals surface area contributed by atoms with E-state index >= 15 is 0 Å². The Morgan fingerprint density at radius 2 is 0.547 bits per heavy atom. The summed E-state index contributed by atoms with van der Waals surface area (Å²) in [5, 5.41) is 0. The molecule has 0 amide bonds. The molecular formula is C61H43N3. The molecule has 302 valence electrons. The van der Waals surface area contributed by atoms with Gasteiger partial charge in [0, 0.05) is 50.9 Å². The maximum absolute atomic E-state index is 2.49. The van der Waals surface area contributed by atoms with Crippen LogP contribution in [0.5, 0.6) is 0 Å². The lowest BCUT2D eigenvalue weighted by molar-refractivity contribution is 0.793. The van der Waals surface area contributed by atoms with E-state index in [0.29, 0.717) is 0 Å². The molecule has 10 aromatic carbocycles. The molecule has 0 heterocycles. The van der Waals surface area contributed by atoms with Crippen molar-refractivity contribution in [2.45, 2.75) is 5.41 Å². The predicted octanol–water partition coefficient (Wildman–Crippen LogP) is 16.4. The van der Waals surface area contributed by atoms with Crippen molar-refractivity contribution in [1.82, 2.24) is 0 Å². The van der Waals surface area contributed by atoms with Gasteiger partial charge in [-0.1, -0.05) is 164 Å². The molecule has 0 aliphatic heterocycles. The lowest BCUT2D eigenvalue weighted by atomic mass is 9.70. The monoisotopic (exact) mass is 817 g/mol. The molecule has 0 aromatic heterocycles. The molecule has 1 unspecified atom stereocenters. The SMILES string of the molecule is c1ccc(N(c2ccccc2)c2ccc3c(c2)C2(c4ccccc4-c4c(N(c5ccccc5)c5ccccc5)cccc42)c2cccc(N(c4ccccc4)c4ccccc4)c2-3)cc1. The van der Waals surface area contributed by atoms with Crippen molar-refractivity contribution in [2.75, 3.05) is 14.7 Å². The molecule has 0 radical (unpaired) electrons. The number of nitrogens with zero attached hydrogens (tertiary/aromatic N) is 3. The zero-order chi connectivity index (χ0) is 42.5. The Bertz CT molecular complexity index is 3130. The van der Waals surface area contributed by atoms with Gasteiger partial charge in [-0.2, -0.15) is 0 Å². The molecule has 2 aliphatic rings. The van der Waals surface area contributed by atoms with Crippen LogP contribution in [-0.2, 0) is 5.41 Å². The van der Waals surface area contributed by atoms with Crippen LogP contribution in [-0.4, -0.2) is 0 Å². The van der Waals surface area contributed by atoms with Gasteiger partial charge in [0.2, 0.25) is 0 Å². The molecule has 12 rings (SSSR count). The first-order valence-electron chi connectivity index (χ1n) is 22.0. The van der Waals surface area contributed by atoms with Crippen molar-refractivity contribution in [3.05, 3.63) is 283 Å². The molecule has 0 saturated heterocycles. The average Bonchev–Trinajstić information content (AvgIpc) is 3.84. The number of hydrogen-bond acceptors (Lipinski definition) is 3. The van der Waals surface area contributed by atoms with Crippen LogP contribution >= 0.6 is 0 Å². The van der Waals surface area contributed by atoms with Crippen molar-refractivity contribution in [3.63, 3.8) is 0 Å². The maximum Gasteiger partial charge on any atom is 0.0727 e.